The van der Waals surface area contributed by atoms with Crippen LogP contribution in [0.15, 0.2) is 29.1 Å². The minimum Gasteiger partial charge on any atom is -0.491 e. The van der Waals surface area contributed by atoms with Gasteiger partial charge in [0.05, 0.1) is 7.11 Å². The van der Waals surface area contributed by atoms with Crippen LogP contribution < -0.4 is 10.3 Å². The summed E-state index contributed by atoms with van der Waals surface area (Å²) in [6.45, 7) is 0. The molecule has 1 heterocycles. The number of rotatable bonds is 2. The SMILES string of the molecule is COc1cc2c(C3CCCC3)cccc2[nH]c1=O. The molecule has 3 nitrogen and oxygen atoms in total. The molecule has 0 aliphatic heterocycles. The Hall–Kier alpha value is -1.77. The Labute approximate surface area is 106 Å². The van der Waals surface area contributed by atoms with Crippen LogP contribution in [0.2, 0.25) is 0 Å². The smallest absolute Gasteiger partial charge is 0.290 e. The van der Waals surface area contributed by atoms with Crippen molar-refractivity contribution in [2.45, 2.75) is 31.6 Å². The first kappa shape index (κ1) is 11.3. The van der Waals surface area contributed by atoms with Crippen molar-refractivity contribution in [1.29, 1.82) is 0 Å². The molecule has 1 fully saturated rings. The van der Waals surface area contributed by atoms with Crippen LogP contribution in [-0.4, -0.2) is 12.1 Å². The summed E-state index contributed by atoms with van der Waals surface area (Å²) < 4.78 is 5.13. The average molecular weight is 243 g/mol. The van der Waals surface area contributed by atoms with Crippen molar-refractivity contribution < 1.29 is 4.74 Å². The molecule has 94 valence electrons. The Balaban J connectivity index is 2.22. The first-order valence-corrected chi connectivity index (χ1v) is 6.49. The molecule has 1 aliphatic rings. The van der Waals surface area contributed by atoms with E-state index in [1.807, 2.05) is 18.2 Å². The maximum absolute atomic E-state index is 11.7. The maximum atomic E-state index is 11.7. The Morgan fingerprint density at radius 2 is 2.06 bits per heavy atom. The summed E-state index contributed by atoms with van der Waals surface area (Å²) in [6, 6.07) is 8.03. The van der Waals surface area contributed by atoms with Crippen molar-refractivity contribution in [1.82, 2.24) is 4.98 Å². The second-order valence-electron chi connectivity index (χ2n) is 4.96. The van der Waals surface area contributed by atoms with Gasteiger partial charge in [-0.25, -0.2) is 0 Å². The summed E-state index contributed by atoms with van der Waals surface area (Å²) in [5.74, 6) is 1.03. The standard InChI is InChI=1S/C15H17NO2/c1-18-14-9-12-11(10-5-2-3-6-10)7-4-8-13(12)16-15(14)17/h4,7-10H,2-3,5-6H2,1H3,(H,16,17). The zero-order chi connectivity index (χ0) is 12.5. The third-order valence-corrected chi connectivity index (χ3v) is 3.90. The van der Waals surface area contributed by atoms with Crippen molar-refractivity contribution in [3.8, 4) is 5.75 Å². The summed E-state index contributed by atoms with van der Waals surface area (Å²) in [6.07, 6.45) is 5.12. The zero-order valence-electron chi connectivity index (χ0n) is 10.5. The van der Waals surface area contributed by atoms with Gasteiger partial charge >= 0.3 is 0 Å². The van der Waals surface area contributed by atoms with E-state index in [-0.39, 0.29) is 5.56 Å². The molecule has 0 radical (unpaired) electrons. The van der Waals surface area contributed by atoms with Crippen LogP contribution in [0.5, 0.6) is 5.75 Å². The predicted molar refractivity (Wildman–Crippen MR) is 72.3 cm³/mol. The average Bonchev–Trinajstić information content (AvgIpc) is 2.90. The summed E-state index contributed by atoms with van der Waals surface area (Å²) >= 11 is 0. The molecule has 1 saturated carbocycles. The number of hydrogen-bond donors (Lipinski definition) is 1. The Morgan fingerprint density at radius 3 is 2.78 bits per heavy atom. The van der Waals surface area contributed by atoms with Crippen LogP contribution in [0.25, 0.3) is 10.9 Å². The molecule has 1 aromatic carbocycles. The van der Waals surface area contributed by atoms with E-state index in [0.29, 0.717) is 11.7 Å². The van der Waals surface area contributed by atoms with Crippen LogP contribution in [-0.2, 0) is 0 Å². The number of methoxy groups -OCH3 is 1. The molecular weight excluding hydrogens is 226 g/mol. The fourth-order valence-electron chi connectivity index (χ4n) is 2.98. The van der Waals surface area contributed by atoms with Gasteiger partial charge in [-0.1, -0.05) is 25.0 Å². The Bertz CT molecular complexity index is 624. The van der Waals surface area contributed by atoms with Crippen LogP contribution in [0.1, 0.15) is 37.2 Å². The second-order valence-corrected chi connectivity index (χ2v) is 4.96. The number of hydrogen-bond acceptors (Lipinski definition) is 2. The monoisotopic (exact) mass is 243 g/mol. The molecule has 3 heteroatoms. The number of ether oxygens (including phenoxy) is 1. The van der Waals surface area contributed by atoms with Gasteiger partial charge < -0.3 is 9.72 Å². The van der Waals surface area contributed by atoms with Gasteiger partial charge in [-0.15, -0.1) is 0 Å². The maximum Gasteiger partial charge on any atom is 0.290 e. The second kappa shape index (κ2) is 4.48. The quantitative estimate of drug-likeness (QED) is 0.880. The minimum absolute atomic E-state index is 0.159. The van der Waals surface area contributed by atoms with Crippen LogP contribution >= 0.6 is 0 Å². The first-order chi connectivity index (χ1) is 8.79. The van der Waals surface area contributed by atoms with Crippen molar-refractivity contribution in [2.24, 2.45) is 0 Å². The predicted octanol–water partition coefficient (Wildman–Crippen LogP) is 3.19. The fourth-order valence-corrected chi connectivity index (χ4v) is 2.98. The van der Waals surface area contributed by atoms with Gasteiger partial charge in [0.1, 0.15) is 0 Å². The normalized spacial score (nSPS) is 16.3. The molecule has 1 N–H and O–H groups in total. The van der Waals surface area contributed by atoms with Crippen molar-refractivity contribution in [3.63, 3.8) is 0 Å². The minimum atomic E-state index is -0.159. The summed E-state index contributed by atoms with van der Waals surface area (Å²) in [5, 5.41) is 1.13. The van der Waals surface area contributed by atoms with Crippen molar-refractivity contribution in [2.75, 3.05) is 7.11 Å². The van der Waals surface area contributed by atoms with Crippen molar-refractivity contribution in [3.05, 3.63) is 40.2 Å². The van der Waals surface area contributed by atoms with Gasteiger partial charge in [0.2, 0.25) is 0 Å². The van der Waals surface area contributed by atoms with Crippen molar-refractivity contribution >= 4 is 10.9 Å². The molecule has 0 spiro atoms. The molecule has 0 saturated heterocycles. The van der Waals surface area contributed by atoms with Gasteiger partial charge in [-0.2, -0.15) is 0 Å². The highest BCUT2D eigenvalue weighted by molar-refractivity contribution is 5.83. The number of aromatic nitrogens is 1. The molecule has 18 heavy (non-hydrogen) atoms. The van der Waals surface area contributed by atoms with E-state index < -0.39 is 0 Å². The molecule has 1 aliphatic carbocycles. The van der Waals surface area contributed by atoms with Gasteiger partial charge in [0.15, 0.2) is 5.75 Å². The largest absolute Gasteiger partial charge is 0.491 e. The number of H-pyrrole nitrogens is 1. The van der Waals surface area contributed by atoms with E-state index in [1.165, 1.54) is 38.4 Å². The molecule has 0 amide bonds. The lowest BCUT2D eigenvalue weighted by Crippen LogP contribution is -2.09. The number of fused-ring (bicyclic) bond motifs is 1. The number of nitrogens with one attached hydrogen (secondary N) is 1. The molecule has 3 rings (SSSR count). The molecule has 2 aromatic rings. The first-order valence-electron chi connectivity index (χ1n) is 6.49. The van der Waals surface area contributed by atoms with E-state index in [0.717, 1.165) is 10.9 Å². The van der Waals surface area contributed by atoms with Gasteiger partial charge in [-0.05, 0) is 36.5 Å². The summed E-state index contributed by atoms with van der Waals surface area (Å²) in [4.78, 5) is 14.6. The highest BCUT2D eigenvalue weighted by Gasteiger charge is 2.19. The number of benzene rings is 1. The lowest BCUT2D eigenvalue weighted by Gasteiger charge is -2.13. The van der Waals surface area contributed by atoms with Gasteiger partial charge in [-0.3, -0.25) is 4.79 Å². The molecular formula is C15H17NO2. The summed E-state index contributed by atoms with van der Waals surface area (Å²) in [5.41, 5.74) is 2.10. The highest BCUT2D eigenvalue weighted by Crippen LogP contribution is 2.37. The van der Waals surface area contributed by atoms with Gasteiger partial charge in [0, 0.05) is 10.9 Å². The lowest BCUT2D eigenvalue weighted by molar-refractivity contribution is 0.409. The van der Waals surface area contributed by atoms with Crippen LogP contribution in [0, 0.1) is 0 Å². The third-order valence-electron chi connectivity index (χ3n) is 3.90. The van der Waals surface area contributed by atoms with E-state index in [1.54, 1.807) is 0 Å². The van der Waals surface area contributed by atoms with E-state index >= 15 is 0 Å². The Kier molecular flexibility index (Phi) is 2.82. The zero-order valence-corrected chi connectivity index (χ0v) is 10.5. The number of pyridine rings is 1. The molecule has 1 aromatic heterocycles. The lowest BCUT2D eigenvalue weighted by atomic mass is 9.94. The highest BCUT2D eigenvalue weighted by atomic mass is 16.5. The third kappa shape index (κ3) is 1.80. The number of aromatic amines is 1. The van der Waals surface area contributed by atoms with E-state index in [2.05, 4.69) is 11.1 Å². The topological polar surface area (TPSA) is 42.1 Å². The summed E-state index contributed by atoms with van der Waals surface area (Å²) in [7, 11) is 1.54. The van der Waals surface area contributed by atoms with E-state index in [9.17, 15) is 4.79 Å². The van der Waals surface area contributed by atoms with E-state index in [4.69, 9.17) is 4.74 Å². The molecule has 0 bridgehead atoms. The molecule has 0 atom stereocenters. The fraction of sp³-hybridized carbons (Fsp3) is 0.400. The van der Waals surface area contributed by atoms with Crippen LogP contribution in [0.3, 0.4) is 0 Å². The van der Waals surface area contributed by atoms with Crippen LogP contribution in [0.4, 0.5) is 0 Å². The Morgan fingerprint density at radius 1 is 1.28 bits per heavy atom. The van der Waals surface area contributed by atoms with Gasteiger partial charge in [0.25, 0.3) is 5.56 Å². The molecule has 0 unspecified atom stereocenters.